The largest absolute Gasteiger partial charge is 0.340 e. The summed E-state index contributed by atoms with van der Waals surface area (Å²) in [6.07, 6.45) is 8.16. The zero-order valence-corrected chi connectivity index (χ0v) is 18.0. The molecule has 8 heteroatoms. The molecule has 4 heterocycles. The Morgan fingerprint density at radius 2 is 2.10 bits per heavy atom. The van der Waals surface area contributed by atoms with Gasteiger partial charge in [0.1, 0.15) is 0 Å². The first-order chi connectivity index (χ1) is 14.6. The van der Waals surface area contributed by atoms with Gasteiger partial charge in [0.25, 0.3) is 0 Å². The number of pyridine rings is 1. The molecule has 0 saturated carbocycles. The molecule has 8 nitrogen and oxygen atoms in total. The maximum atomic E-state index is 13.0. The molecular formula is C22H32N6O2. The molecule has 2 aliphatic rings. The molecule has 1 amide bonds. The summed E-state index contributed by atoms with van der Waals surface area (Å²) in [4.78, 5) is 28.2. The molecule has 2 fully saturated rings. The van der Waals surface area contributed by atoms with Crippen molar-refractivity contribution in [2.75, 3.05) is 33.2 Å². The topological polar surface area (TPSA) is 78.6 Å². The predicted octanol–water partition coefficient (Wildman–Crippen LogP) is 2.11. The summed E-state index contributed by atoms with van der Waals surface area (Å²) in [5.41, 5.74) is 1.28. The number of aryl methyl sites for hydroxylation is 1. The molecule has 2 saturated heterocycles. The van der Waals surface area contributed by atoms with Crippen molar-refractivity contribution in [1.82, 2.24) is 29.8 Å². The summed E-state index contributed by atoms with van der Waals surface area (Å²) in [5.74, 6) is 1.35. The van der Waals surface area contributed by atoms with E-state index in [-0.39, 0.29) is 11.8 Å². The molecule has 162 valence electrons. The first-order valence-electron chi connectivity index (χ1n) is 11.0. The van der Waals surface area contributed by atoms with Crippen LogP contribution >= 0.6 is 0 Å². The number of aromatic nitrogens is 3. The van der Waals surface area contributed by atoms with Crippen LogP contribution in [0.4, 0.5) is 0 Å². The predicted molar refractivity (Wildman–Crippen MR) is 112 cm³/mol. The minimum atomic E-state index is 0.0603. The number of piperidine rings is 2. The van der Waals surface area contributed by atoms with Gasteiger partial charge in [-0.25, -0.2) is 0 Å². The van der Waals surface area contributed by atoms with Crippen molar-refractivity contribution < 1.29 is 9.32 Å². The molecule has 0 N–H and O–H groups in total. The van der Waals surface area contributed by atoms with Crippen LogP contribution in [-0.4, -0.2) is 75.0 Å². The standard InChI is InChI=1S/C22H32N6O2/c1-17-24-21(25-30-17)16-26(2)22(29)19-6-4-10-28(15-19)20-7-11-27(12-8-20)14-18-5-3-9-23-13-18/h3,5,9,13,19-20H,4,6-8,10-12,14-16H2,1-2H3. The van der Waals surface area contributed by atoms with E-state index < -0.39 is 0 Å². The van der Waals surface area contributed by atoms with Crippen LogP contribution in [-0.2, 0) is 17.9 Å². The van der Waals surface area contributed by atoms with Crippen LogP contribution in [0.2, 0.25) is 0 Å². The second-order valence-electron chi connectivity index (χ2n) is 8.63. The Morgan fingerprint density at radius 1 is 1.27 bits per heavy atom. The van der Waals surface area contributed by atoms with E-state index in [1.54, 1.807) is 11.8 Å². The number of rotatable bonds is 6. The van der Waals surface area contributed by atoms with Crippen LogP contribution in [0, 0.1) is 12.8 Å². The first-order valence-corrected chi connectivity index (χ1v) is 11.0. The quantitative estimate of drug-likeness (QED) is 0.719. The molecule has 0 aliphatic carbocycles. The van der Waals surface area contributed by atoms with E-state index in [9.17, 15) is 4.79 Å². The molecule has 1 atom stereocenters. The number of likely N-dealkylation sites (tertiary alicyclic amines) is 2. The Morgan fingerprint density at radius 3 is 2.80 bits per heavy atom. The number of hydrogen-bond donors (Lipinski definition) is 0. The lowest BCUT2D eigenvalue weighted by Crippen LogP contribution is -2.50. The van der Waals surface area contributed by atoms with Crippen LogP contribution in [0.25, 0.3) is 0 Å². The number of carbonyl (C=O) groups excluding carboxylic acids is 1. The van der Waals surface area contributed by atoms with Gasteiger partial charge in [0, 0.05) is 45.5 Å². The summed E-state index contributed by atoms with van der Waals surface area (Å²) >= 11 is 0. The third-order valence-corrected chi connectivity index (χ3v) is 6.33. The summed E-state index contributed by atoms with van der Waals surface area (Å²) in [5, 5.41) is 3.91. The lowest BCUT2D eigenvalue weighted by atomic mass is 9.93. The SMILES string of the molecule is Cc1nc(CN(C)C(=O)C2CCCN(C3CCN(Cc4cccnc4)CC3)C2)no1. The van der Waals surface area contributed by atoms with E-state index in [0.29, 0.717) is 24.3 Å². The van der Waals surface area contributed by atoms with Crippen LogP contribution in [0.5, 0.6) is 0 Å². The minimum absolute atomic E-state index is 0.0603. The van der Waals surface area contributed by atoms with E-state index in [0.717, 1.165) is 45.6 Å². The highest BCUT2D eigenvalue weighted by atomic mass is 16.5. The molecular weight excluding hydrogens is 380 g/mol. The minimum Gasteiger partial charge on any atom is -0.340 e. The van der Waals surface area contributed by atoms with Crippen LogP contribution < -0.4 is 0 Å². The van der Waals surface area contributed by atoms with Gasteiger partial charge in [-0.3, -0.25) is 19.6 Å². The zero-order valence-electron chi connectivity index (χ0n) is 18.0. The van der Waals surface area contributed by atoms with Gasteiger partial charge < -0.3 is 9.42 Å². The fourth-order valence-corrected chi connectivity index (χ4v) is 4.74. The van der Waals surface area contributed by atoms with Gasteiger partial charge >= 0.3 is 0 Å². The Bertz CT molecular complexity index is 818. The summed E-state index contributed by atoms with van der Waals surface area (Å²) in [7, 11) is 1.84. The molecule has 1 unspecified atom stereocenters. The smallest absolute Gasteiger partial charge is 0.227 e. The number of nitrogens with zero attached hydrogens (tertiary/aromatic N) is 6. The highest BCUT2D eigenvalue weighted by Gasteiger charge is 2.33. The Kier molecular flexibility index (Phi) is 6.74. The van der Waals surface area contributed by atoms with Crippen molar-refractivity contribution >= 4 is 5.91 Å². The number of hydrogen-bond acceptors (Lipinski definition) is 7. The van der Waals surface area contributed by atoms with Gasteiger partial charge in [0.2, 0.25) is 11.8 Å². The fourth-order valence-electron chi connectivity index (χ4n) is 4.74. The molecule has 0 aromatic carbocycles. The van der Waals surface area contributed by atoms with Gasteiger partial charge in [-0.15, -0.1) is 0 Å². The van der Waals surface area contributed by atoms with Gasteiger partial charge in [-0.05, 0) is 56.9 Å². The molecule has 30 heavy (non-hydrogen) atoms. The van der Waals surface area contributed by atoms with Gasteiger partial charge in [-0.2, -0.15) is 4.98 Å². The molecule has 0 spiro atoms. The van der Waals surface area contributed by atoms with Crippen LogP contribution in [0.3, 0.4) is 0 Å². The Hall–Kier alpha value is -2.32. The molecule has 4 rings (SSSR count). The van der Waals surface area contributed by atoms with Gasteiger partial charge in [-0.1, -0.05) is 11.2 Å². The Balaban J connectivity index is 1.26. The lowest BCUT2D eigenvalue weighted by Gasteiger charge is -2.42. The molecule has 0 radical (unpaired) electrons. The monoisotopic (exact) mass is 412 g/mol. The first kappa shape index (κ1) is 20.9. The summed E-state index contributed by atoms with van der Waals surface area (Å²) in [6.45, 7) is 7.31. The Labute approximate surface area is 178 Å². The normalized spacial score (nSPS) is 21.6. The molecule has 2 aromatic heterocycles. The van der Waals surface area contributed by atoms with Gasteiger partial charge in [0.15, 0.2) is 5.82 Å². The highest BCUT2D eigenvalue weighted by molar-refractivity contribution is 5.78. The van der Waals surface area contributed by atoms with Crippen molar-refractivity contribution in [3.05, 3.63) is 41.8 Å². The van der Waals surface area contributed by atoms with Crippen LogP contribution in [0.1, 0.15) is 43.0 Å². The van der Waals surface area contributed by atoms with Gasteiger partial charge in [0.05, 0.1) is 12.5 Å². The van der Waals surface area contributed by atoms with Crippen molar-refractivity contribution in [2.24, 2.45) is 5.92 Å². The summed E-state index contributed by atoms with van der Waals surface area (Å²) in [6, 6.07) is 4.73. The maximum Gasteiger partial charge on any atom is 0.227 e. The zero-order chi connectivity index (χ0) is 20.9. The summed E-state index contributed by atoms with van der Waals surface area (Å²) < 4.78 is 5.02. The molecule has 2 aliphatic heterocycles. The van der Waals surface area contributed by atoms with Crippen molar-refractivity contribution in [3.63, 3.8) is 0 Å². The highest BCUT2D eigenvalue weighted by Crippen LogP contribution is 2.25. The van der Waals surface area contributed by atoms with E-state index in [1.165, 1.54) is 18.4 Å². The van der Waals surface area contributed by atoms with Crippen LogP contribution in [0.15, 0.2) is 29.0 Å². The second-order valence-corrected chi connectivity index (χ2v) is 8.63. The maximum absolute atomic E-state index is 13.0. The number of carbonyl (C=O) groups is 1. The van der Waals surface area contributed by atoms with Crippen molar-refractivity contribution in [3.8, 4) is 0 Å². The van der Waals surface area contributed by atoms with E-state index in [2.05, 4.69) is 31.0 Å². The van der Waals surface area contributed by atoms with Crippen molar-refractivity contribution in [2.45, 2.75) is 51.7 Å². The average Bonchev–Trinajstić information content (AvgIpc) is 3.19. The van der Waals surface area contributed by atoms with E-state index >= 15 is 0 Å². The molecule has 0 bridgehead atoms. The second kappa shape index (κ2) is 9.66. The fraction of sp³-hybridized carbons (Fsp3) is 0.636. The van der Waals surface area contributed by atoms with E-state index in [1.807, 2.05) is 25.5 Å². The van der Waals surface area contributed by atoms with Crippen molar-refractivity contribution in [1.29, 1.82) is 0 Å². The third kappa shape index (κ3) is 5.23. The van der Waals surface area contributed by atoms with E-state index in [4.69, 9.17) is 4.52 Å². The molecule has 2 aromatic rings. The number of amides is 1. The third-order valence-electron chi connectivity index (χ3n) is 6.33. The lowest BCUT2D eigenvalue weighted by molar-refractivity contribution is -0.137. The average molecular weight is 413 g/mol.